The number of nitrogens with one attached hydrogen (secondary N) is 2. The molecule has 0 spiro atoms. The maximum Gasteiger partial charge on any atom is 0.254 e. The number of ether oxygens (including phenoxy) is 1. The Kier molecular flexibility index (Phi) is 8.00. The fraction of sp³-hybridized carbons (Fsp3) is 0.429. The first-order valence-electron chi connectivity index (χ1n) is 6.63. The van der Waals surface area contributed by atoms with E-state index in [2.05, 4.69) is 10.6 Å². The molecule has 7 heteroatoms. The van der Waals surface area contributed by atoms with Gasteiger partial charge in [0.2, 0.25) is 5.91 Å². The molecule has 0 heterocycles. The first kappa shape index (κ1) is 17.1. The van der Waals surface area contributed by atoms with Crippen LogP contribution in [-0.2, 0) is 9.53 Å². The van der Waals surface area contributed by atoms with Gasteiger partial charge in [0.1, 0.15) is 5.82 Å². The Balaban J connectivity index is 2.18. The molecule has 1 aromatic rings. The van der Waals surface area contributed by atoms with Gasteiger partial charge in [0.25, 0.3) is 5.91 Å². The third-order valence-corrected chi connectivity index (χ3v) is 2.55. The molecule has 1 aromatic carbocycles. The molecular formula is C14H19FN2O4. The van der Waals surface area contributed by atoms with Gasteiger partial charge in [-0.25, -0.2) is 4.39 Å². The lowest BCUT2D eigenvalue weighted by Crippen LogP contribution is -2.37. The maximum atomic E-state index is 13.3. The van der Waals surface area contributed by atoms with Crippen LogP contribution < -0.4 is 10.6 Å². The summed E-state index contributed by atoms with van der Waals surface area (Å²) >= 11 is 0. The third-order valence-electron chi connectivity index (χ3n) is 2.55. The summed E-state index contributed by atoms with van der Waals surface area (Å²) in [7, 11) is 0. The van der Waals surface area contributed by atoms with Gasteiger partial charge in [0.05, 0.1) is 25.3 Å². The molecule has 2 amide bonds. The van der Waals surface area contributed by atoms with Crippen LogP contribution in [0.25, 0.3) is 0 Å². The van der Waals surface area contributed by atoms with Gasteiger partial charge in [-0.1, -0.05) is 12.1 Å². The zero-order valence-corrected chi connectivity index (χ0v) is 11.6. The van der Waals surface area contributed by atoms with Crippen LogP contribution >= 0.6 is 0 Å². The summed E-state index contributed by atoms with van der Waals surface area (Å²) in [6, 6.07) is 5.56. The minimum Gasteiger partial charge on any atom is -0.394 e. The average Bonchev–Trinajstić information content (AvgIpc) is 2.49. The maximum absolute atomic E-state index is 13.3. The van der Waals surface area contributed by atoms with Crippen LogP contribution in [0.5, 0.6) is 0 Å². The van der Waals surface area contributed by atoms with E-state index < -0.39 is 11.7 Å². The van der Waals surface area contributed by atoms with Crippen molar-refractivity contribution < 1.29 is 23.8 Å². The Labute approximate surface area is 122 Å². The molecular weight excluding hydrogens is 279 g/mol. The molecule has 0 aliphatic rings. The highest BCUT2D eigenvalue weighted by atomic mass is 19.1. The molecule has 3 N–H and O–H groups in total. The summed E-state index contributed by atoms with van der Waals surface area (Å²) < 4.78 is 18.3. The van der Waals surface area contributed by atoms with Crippen molar-refractivity contribution in [2.45, 2.75) is 6.42 Å². The minimum absolute atomic E-state index is 0.0333. The number of rotatable bonds is 9. The van der Waals surface area contributed by atoms with Crippen molar-refractivity contribution in [1.82, 2.24) is 10.6 Å². The lowest BCUT2D eigenvalue weighted by atomic mass is 10.2. The first-order chi connectivity index (χ1) is 10.1. The lowest BCUT2D eigenvalue weighted by molar-refractivity contribution is -0.120. The fourth-order valence-electron chi connectivity index (χ4n) is 1.53. The Bertz CT molecular complexity index is 468. The number of hydrogen-bond donors (Lipinski definition) is 3. The van der Waals surface area contributed by atoms with E-state index in [0.29, 0.717) is 19.6 Å². The second kappa shape index (κ2) is 9.84. The van der Waals surface area contributed by atoms with Gasteiger partial charge in [0, 0.05) is 13.2 Å². The number of halogens is 1. The number of aliphatic hydroxyl groups excluding tert-OH is 1. The van der Waals surface area contributed by atoms with Gasteiger partial charge in [-0.3, -0.25) is 9.59 Å². The van der Waals surface area contributed by atoms with Crippen LogP contribution in [0.3, 0.4) is 0 Å². The van der Waals surface area contributed by atoms with Gasteiger partial charge >= 0.3 is 0 Å². The standard InChI is InChI=1S/C14H19FN2O4/c15-12-5-2-1-4-11(12)14(20)17-10-13(19)16-6-3-8-21-9-7-18/h1-2,4-5,18H,3,6-10H2,(H,16,19)(H,17,20). The van der Waals surface area contributed by atoms with Crippen molar-refractivity contribution in [3.63, 3.8) is 0 Å². The highest BCUT2D eigenvalue weighted by Gasteiger charge is 2.11. The molecule has 116 valence electrons. The number of carbonyl (C=O) groups excluding carboxylic acids is 2. The lowest BCUT2D eigenvalue weighted by Gasteiger charge is -2.07. The van der Waals surface area contributed by atoms with Gasteiger partial charge in [-0.05, 0) is 18.6 Å². The van der Waals surface area contributed by atoms with Crippen molar-refractivity contribution in [2.24, 2.45) is 0 Å². The van der Waals surface area contributed by atoms with E-state index in [-0.39, 0.29) is 31.2 Å². The van der Waals surface area contributed by atoms with Gasteiger partial charge in [0.15, 0.2) is 0 Å². The highest BCUT2D eigenvalue weighted by molar-refractivity contribution is 5.96. The molecule has 0 bridgehead atoms. The SMILES string of the molecule is O=C(CNC(=O)c1ccccc1F)NCCCOCCO. The van der Waals surface area contributed by atoms with Crippen LogP contribution in [0.15, 0.2) is 24.3 Å². The van der Waals surface area contributed by atoms with E-state index in [9.17, 15) is 14.0 Å². The first-order valence-corrected chi connectivity index (χ1v) is 6.63. The van der Waals surface area contributed by atoms with Crippen LogP contribution in [0.1, 0.15) is 16.8 Å². The van der Waals surface area contributed by atoms with Crippen LogP contribution in [0, 0.1) is 5.82 Å². The van der Waals surface area contributed by atoms with Gasteiger partial charge < -0.3 is 20.5 Å². The predicted molar refractivity (Wildman–Crippen MR) is 74.3 cm³/mol. The van der Waals surface area contributed by atoms with Crippen molar-refractivity contribution in [1.29, 1.82) is 0 Å². The molecule has 0 aliphatic heterocycles. The van der Waals surface area contributed by atoms with Crippen LogP contribution in [0.4, 0.5) is 4.39 Å². The molecule has 6 nitrogen and oxygen atoms in total. The van der Waals surface area contributed by atoms with Gasteiger partial charge in [-0.2, -0.15) is 0 Å². The quantitative estimate of drug-likeness (QED) is 0.563. The molecule has 0 aromatic heterocycles. The number of hydrogen-bond acceptors (Lipinski definition) is 4. The molecule has 1 rings (SSSR count). The third kappa shape index (κ3) is 6.82. The largest absolute Gasteiger partial charge is 0.394 e. The molecule has 0 radical (unpaired) electrons. The Morgan fingerprint density at radius 1 is 1.19 bits per heavy atom. The van der Waals surface area contributed by atoms with E-state index in [1.165, 1.54) is 18.2 Å². The fourth-order valence-corrected chi connectivity index (χ4v) is 1.53. The average molecular weight is 298 g/mol. The monoisotopic (exact) mass is 298 g/mol. The normalized spacial score (nSPS) is 10.2. The summed E-state index contributed by atoms with van der Waals surface area (Å²) in [5.41, 5.74) is -0.0947. The zero-order valence-electron chi connectivity index (χ0n) is 11.6. The second-order valence-electron chi connectivity index (χ2n) is 4.20. The van der Waals surface area contributed by atoms with Gasteiger partial charge in [-0.15, -0.1) is 0 Å². The molecule has 21 heavy (non-hydrogen) atoms. The predicted octanol–water partition coefficient (Wildman–Crippen LogP) is 0.0707. The minimum atomic E-state index is -0.630. The molecule has 0 atom stereocenters. The Morgan fingerprint density at radius 2 is 1.95 bits per heavy atom. The number of carbonyl (C=O) groups is 2. The van der Waals surface area contributed by atoms with E-state index >= 15 is 0 Å². The van der Waals surface area contributed by atoms with E-state index in [1.807, 2.05) is 0 Å². The zero-order chi connectivity index (χ0) is 15.5. The highest BCUT2D eigenvalue weighted by Crippen LogP contribution is 2.05. The topological polar surface area (TPSA) is 87.7 Å². The Morgan fingerprint density at radius 3 is 2.67 bits per heavy atom. The van der Waals surface area contributed by atoms with Crippen LogP contribution in [-0.4, -0.2) is 49.8 Å². The van der Waals surface area contributed by atoms with E-state index in [0.717, 1.165) is 0 Å². The van der Waals surface area contributed by atoms with E-state index in [4.69, 9.17) is 9.84 Å². The molecule has 0 saturated heterocycles. The summed E-state index contributed by atoms with van der Waals surface area (Å²) in [4.78, 5) is 23.1. The summed E-state index contributed by atoms with van der Waals surface area (Å²) in [6.45, 7) is 0.855. The summed E-state index contributed by atoms with van der Waals surface area (Å²) in [6.07, 6.45) is 0.604. The Hall–Kier alpha value is -1.99. The molecule has 0 aliphatic carbocycles. The molecule has 0 saturated carbocycles. The molecule has 0 fully saturated rings. The molecule has 0 unspecified atom stereocenters. The summed E-state index contributed by atoms with van der Waals surface area (Å²) in [5, 5.41) is 13.4. The van der Waals surface area contributed by atoms with Crippen molar-refractivity contribution in [3.05, 3.63) is 35.6 Å². The van der Waals surface area contributed by atoms with E-state index in [1.54, 1.807) is 6.07 Å². The van der Waals surface area contributed by atoms with Crippen molar-refractivity contribution in [3.8, 4) is 0 Å². The number of benzene rings is 1. The van der Waals surface area contributed by atoms with Crippen molar-refractivity contribution in [2.75, 3.05) is 32.9 Å². The number of amides is 2. The number of aliphatic hydroxyl groups is 1. The van der Waals surface area contributed by atoms with Crippen LogP contribution in [0.2, 0.25) is 0 Å². The smallest absolute Gasteiger partial charge is 0.254 e. The summed E-state index contributed by atoms with van der Waals surface area (Å²) in [5.74, 6) is -1.62. The van der Waals surface area contributed by atoms with Crippen molar-refractivity contribution >= 4 is 11.8 Å². The second-order valence-corrected chi connectivity index (χ2v) is 4.20.